The molecule has 0 aromatic carbocycles. The molecule has 0 bridgehead atoms. The monoisotopic (exact) mass is 472 g/mol. The van der Waals surface area contributed by atoms with Crippen molar-refractivity contribution < 1.29 is 27.1 Å². The Morgan fingerprint density at radius 2 is 1.91 bits per heavy atom. The maximum Gasteiger partial charge on any atom is 0.412 e. The highest BCUT2D eigenvalue weighted by Crippen LogP contribution is 2.48. The van der Waals surface area contributed by atoms with Gasteiger partial charge in [-0.15, -0.1) is 0 Å². The van der Waals surface area contributed by atoms with E-state index in [0.29, 0.717) is 30.0 Å². The molecular formula is C25H36F4N2O2. The van der Waals surface area contributed by atoms with Gasteiger partial charge in [-0.05, 0) is 67.6 Å². The van der Waals surface area contributed by atoms with E-state index in [1.165, 1.54) is 11.8 Å². The number of halogens is 4. The number of nitrogens with one attached hydrogen (secondary N) is 1. The van der Waals surface area contributed by atoms with E-state index >= 15 is 4.39 Å². The Kier molecular flexibility index (Phi) is 6.98. The third-order valence-corrected chi connectivity index (χ3v) is 8.31. The number of hydrogen-bond acceptors (Lipinski definition) is 3. The van der Waals surface area contributed by atoms with Crippen LogP contribution in [0.2, 0.25) is 0 Å². The first-order chi connectivity index (χ1) is 15.5. The van der Waals surface area contributed by atoms with Crippen LogP contribution < -0.4 is 5.32 Å². The first kappa shape index (κ1) is 24.7. The van der Waals surface area contributed by atoms with E-state index in [2.05, 4.69) is 5.32 Å². The van der Waals surface area contributed by atoms with Gasteiger partial charge in [0, 0.05) is 37.4 Å². The molecule has 2 aliphatic carbocycles. The van der Waals surface area contributed by atoms with Gasteiger partial charge < -0.3 is 15.0 Å². The normalized spacial score (nSPS) is 34.0. The van der Waals surface area contributed by atoms with Crippen LogP contribution in [-0.4, -0.2) is 61.5 Å². The summed E-state index contributed by atoms with van der Waals surface area (Å²) < 4.78 is 61.0. The molecule has 1 amide bonds. The van der Waals surface area contributed by atoms with Crippen LogP contribution in [0, 0.1) is 17.3 Å². The van der Waals surface area contributed by atoms with Crippen LogP contribution >= 0.6 is 0 Å². The second-order valence-corrected chi connectivity index (χ2v) is 10.7. The van der Waals surface area contributed by atoms with E-state index in [9.17, 15) is 18.0 Å². The molecule has 2 heterocycles. The van der Waals surface area contributed by atoms with Gasteiger partial charge in [0.2, 0.25) is 5.91 Å². The van der Waals surface area contributed by atoms with Gasteiger partial charge in [-0.3, -0.25) is 4.79 Å². The molecule has 4 atom stereocenters. The average Bonchev–Trinajstić information content (AvgIpc) is 3.18. The van der Waals surface area contributed by atoms with E-state index in [1.807, 2.05) is 13.8 Å². The number of alkyl halides is 4. The number of carbonyl (C=O) groups excluding carboxylic acids is 1. The van der Waals surface area contributed by atoms with E-state index in [1.54, 1.807) is 0 Å². The van der Waals surface area contributed by atoms with Gasteiger partial charge in [0.05, 0.1) is 12.0 Å². The van der Waals surface area contributed by atoms with Gasteiger partial charge in [-0.25, -0.2) is 4.39 Å². The second kappa shape index (κ2) is 9.33. The molecule has 8 heteroatoms. The number of allylic oxidation sites excluding steroid dienone is 1. The quantitative estimate of drug-likeness (QED) is 0.589. The van der Waals surface area contributed by atoms with E-state index in [-0.39, 0.29) is 37.4 Å². The standard InChI is InChI=1S/C25H36F4N2O2/c1-15(2)24(7-4-19(12-24)30-18-5-8-33-9-6-18)23(32)31-13-17-11-21(25(27,28)29)16(3)10-20(17)22(26)14-31/h11,15-16,18-19,22,30H,4-10,12-14H2,1-3H3/t16?,19-,22+,24+/m1/s1. The molecule has 1 unspecified atom stereocenters. The largest absolute Gasteiger partial charge is 0.412 e. The SMILES string of the molecule is CC1CC2=C(C=C1C(F)(F)F)CN(C(=O)[C@@]1(C(C)C)CC[C@@H](NC3CCOCC3)C1)C[C@@H]2F. The molecule has 4 rings (SSSR count). The highest BCUT2D eigenvalue weighted by atomic mass is 19.4. The summed E-state index contributed by atoms with van der Waals surface area (Å²) in [5.41, 5.74) is -0.466. The van der Waals surface area contributed by atoms with Crippen molar-refractivity contribution >= 4 is 5.91 Å². The molecule has 1 N–H and O–H groups in total. The molecule has 4 aliphatic rings. The number of hydrogen-bond donors (Lipinski definition) is 1. The first-order valence-corrected chi connectivity index (χ1v) is 12.3. The van der Waals surface area contributed by atoms with Crippen molar-refractivity contribution in [2.24, 2.45) is 17.3 Å². The fourth-order valence-corrected chi connectivity index (χ4v) is 6.26. The number of amides is 1. The topological polar surface area (TPSA) is 41.6 Å². The van der Waals surface area contributed by atoms with Crippen molar-refractivity contribution in [2.75, 3.05) is 26.3 Å². The Morgan fingerprint density at radius 3 is 2.55 bits per heavy atom. The molecule has 186 valence electrons. The summed E-state index contributed by atoms with van der Waals surface area (Å²) in [7, 11) is 0. The van der Waals surface area contributed by atoms with E-state index in [4.69, 9.17) is 4.74 Å². The van der Waals surface area contributed by atoms with Crippen LogP contribution in [0.5, 0.6) is 0 Å². The van der Waals surface area contributed by atoms with Gasteiger partial charge in [0.1, 0.15) is 6.17 Å². The Bertz CT molecular complexity index is 816. The zero-order valence-corrected chi connectivity index (χ0v) is 19.8. The molecule has 1 saturated carbocycles. The predicted molar refractivity (Wildman–Crippen MR) is 118 cm³/mol. The Labute approximate surface area is 193 Å². The van der Waals surface area contributed by atoms with Crippen LogP contribution in [0.4, 0.5) is 17.6 Å². The maximum atomic E-state index is 15.1. The van der Waals surface area contributed by atoms with Crippen molar-refractivity contribution in [3.05, 3.63) is 22.8 Å². The van der Waals surface area contributed by atoms with Crippen LogP contribution in [0.1, 0.15) is 59.3 Å². The molecule has 33 heavy (non-hydrogen) atoms. The molecule has 0 aromatic heterocycles. The lowest BCUT2D eigenvalue weighted by Crippen LogP contribution is -2.51. The Morgan fingerprint density at radius 1 is 1.21 bits per heavy atom. The van der Waals surface area contributed by atoms with Crippen molar-refractivity contribution in [1.29, 1.82) is 0 Å². The van der Waals surface area contributed by atoms with Crippen molar-refractivity contribution in [3.63, 3.8) is 0 Å². The van der Waals surface area contributed by atoms with E-state index < -0.39 is 29.3 Å². The lowest BCUT2D eigenvalue weighted by molar-refractivity contribution is -0.145. The Hall–Kier alpha value is -1.41. The maximum absolute atomic E-state index is 15.1. The molecule has 0 aromatic rings. The average molecular weight is 473 g/mol. The van der Waals surface area contributed by atoms with Gasteiger partial charge in [-0.2, -0.15) is 13.2 Å². The minimum atomic E-state index is -4.44. The summed E-state index contributed by atoms with van der Waals surface area (Å²) in [6.45, 7) is 7.03. The van der Waals surface area contributed by atoms with Crippen LogP contribution in [0.3, 0.4) is 0 Å². The first-order valence-electron chi connectivity index (χ1n) is 12.3. The fraction of sp³-hybridized carbons (Fsp3) is 0.800. The summed E-state index contributed by atoms with van der Waals surface area (Å²) in [6.07, 6.45) is -0.506. The lowest BCUT2D eigenvalue weighted by atomic mass is 9.73. The number of rotatable bonds is 4. The number of nitrogens with zero attached hydrogens (tertiary/aromatic N) is 1. The van der Waals surface area contributed by atoms with Crippen molar-refractivity contribution in [2.45, 2.75) is 83.7 Å². The zero-order valence-electron chi connectivity index (χ0n) is 19.8. The number of ether oxygens (including phenoxy) is 1. The summed E-state index contributed by atoms with van der Waals surface area (Å²) in [4.78, 5) is 15.3. The van der Waals surface area contributed by atoms with Crippen molar-refractivity contribution in [1.82, 2.24) is 10.2 Å². The van der Waals surface area contributed by atoms with Gasteiger partial charge in [-0.1, -0.05) is 20.8 Å². The van der Waals surface area contributed by atoms with Gasteiger partial charge in [0.25, 0.3) is 0 Å². The molecule has 4 nitrogen and oxygen atoms in total. The third kappa shape index (κ3) is 4.88. The van der Waals surface area contributed by atoms with Gasteiger partial charge in [0.15, 0.2) is 0 Å². The van der Waals surface area contributed by atoms with Gasteiger partial charge >= 0.3 is 6.18 Å². The molecular weight excluding hydrogens is 436 g/mol. The highest BCUT2D eigenvalue weighted by molar-refractivity contribution is 5.84. The van der Waals surface area contributed by atoms with E-state index in [0.717, 1.165) is 38.6 Å². The van der Waals surface area contributed by atoms with Crippen LogP contribution in [-0.2, 0) is 9.53 Å². The molecule has 2 aliphatic heterocycles. The van der Waals surface area contributed by atoms with Crippen LogP contribution in [0.15, 0.2) is 22.8 Å². The molecule has 0 radical (unpaired) electrons. The summed E-state index contributed by atoms with van der Waals surface area (Å²) in [5.74, 6) is -0.811. The van der Waals surface area contributed by atoms with Crippen LogP contribution in [0.25, 0.3) is 0 Å². The minimum absolute atomic E-state index is 0.0626. The zero-order chi connectivity index (χ0) is 24.0. The molecule has 0 spiro atoms. The minimum Gasteiger partial charge on any atom is -0.381 e. The summed E-state index contributed by atoms with van der Waals surface area (Å²) in [5, 5.41) is 3.70. The highest BCUT2D eigenvalue weighted by Gasteiger charge is 2.51. The number of carbonyl (C=O) groups is 1. The summed E-state index contributed by atoms with van der Waals surface area (Å²) in [6, 6.07) is 0.599. The van der Waals surface area contributed by atoms with Crippen molar-refractivity contribution in [3.8, 4) is 0 Å². The lowest BCUT2D eigenvalue weighted by Gasteiger charge is -2.42. The summed E-state index contributed by atoms with van der Waals surface area (Å²) >= 11 is 0. The Balaban J connectivity index is 1.51. The fourth-order valence-electron chi connectivity index (χ4n) is 6.26. The smallest absolute Gasteiger partial charge is 0.381 e. The predicted octanol–water partition coefficient (Wildman–Crippen LogP) is 4.96. The third-order valence-electron chi connectivity index (χ3n) is 8.31. The second-order valence-electron chi connectivity index (χ2n) is 10.7. The molecule has 2 fully saturated rings. The molecule has 1 saturated heterocycles.